The third kappa shape index (κ3) is 5.54. The van der Waals surface area contributed by atoms with Crippen molar-refractivity contribution in [2.45, 2.75) is 19.1 Å². The highest BCUT2D eigenvalue weighted by molar-refractivity contribution is 8.01. The number of nitrogens with one attached hydrogen (secondary N) is 3. The normalized spacial score (nSPS) is 11.5. The predicted octanol–water partition coefficient (Wildman–Crippen LogP) is 2.14. The number of benzene rings is 2. The molecule has 0 spiro atoms. The number of nitrogens with zero attached hydrogens (tertiary/aromatic N) is 2. The van der Waals surface area contributed by atoms with E-state index < -0.39 is 28.8 Å². The highest BCUT2D eigenvalue weighted by Crippen LogP contribution is 2.17. The van der Waals surface area contributed by atoms with Crippen LogP contribution in [0.5, 0.6) is 0 Å². The minimum Gasteiger partial charge on any atom is -0.319 e. The Labute approximate surface area is 199 Å². The molecule has 0 fully saturated rings. The van der Waals surface area contributed by atoms with Crippen LogP contribution in [-0.2, 0) is 16.6 Å². The lowest BCUT2D eigenvalue weighted by Crippen LogP contribution is -2.43. The van der Waals surface area contributed by atoms with Crippen LogP contribution in [0.2, 0.25) is 0 Å². The summed E-state index contributed by atoms with van der Waals surface area (Å²) in [6.45, 7) is 3.32. The van der Waals surface area contributed by atoms with Gasteiger partial charge in [-0.15, -0.1) is 11.8 Å². The van der Waals surface area contributed by atoms with E-state index in [1.807, 2.05) is 18.2 Å². The van der Waals surface area contributed by atoms with Gasteiger partial charge in [0.2, 0.25) is 11.8 Å². The molecule has 3 rings (SSSR count). The summed E-state index contributed by atoms with van der Waals surface area (Å²) >= 11 is 1.02. The second-order valence-corrected chi connectivity index (χ2v) is 8.69. The Bertz CT molecular complexity index is 1270. The summed E-state index contributed by atoms with van der Waals surface area (Å²) in [6.07, 6.45) is 0. The van der Waals surface area contributed by atoms with E-state index in [2.05, 4.69) is 16.2 Å². The molecule has 3 amide bonds. The Morgan fingerprint density at radius 2 is 1.68 bits per heavy atom. The number of halogens is 1. The summed E-state index contributed by atoms with van der Waals surface area (Å²) in [5.74, 6) is -2.67. The molecule has 9 nitrogen and oxygen atoms in total. The summed E-state index contributed by atoms with van der Waals surface area (Å²) in [4.78, 5) is 49.5. The van der Waals surface area contributed by atoms with Gasteiger partial charge in [0.1, 0.15) is 11.5 Å². The van der Waals surface area contributed by atoms with Crippen LogP contribution >= 0.6 is 11.8 Å². The quantitative estimate of drug-likeness (QED) is 0.444. The molecule has 3 aromatic rings. The Morgan fingerprint density at radius 1 is 1.03 bits per heavy atom. The second kappa shape index (κ2) is 10.8. The van der Waals surface area contributed by atoms with Gasteiger partial charge in [-0.3, -0.25) is 34.7 Å². The summed E-state index contributed by atoms with van der Waals surface area (Å²) in [5.41, 5.74) is 5.14. The predicted molar refractivity (Wildman–Crippen MR) is 128 cm³/mol. The highest BCUT2D eigenvalue weighted by atomic mass is 32.2. The Hall–Kier alpha value is -3.86. The van der Waals surface area contributed by atoms with Crippen molar-refractivity contribution in [1.29, 1.82) is 0 Å². The van der Waals surface area contributed by atoms with Gasteiger partial charge in [-0.05, 0) is 38.1 Å². The second-order valence-electron chi connectivity index (χ2n) is 7.36. The van der Waals surface area contributed by atoms with Crippen molar-refractivity contribution in [2.75, 3.05) is 11.1 Å². The van der Waals surface area contributed by atoms with Gasteiger partial charge in [-0.1, -0.05) is 30.3 Å². The van der Waals surface area contributed by atoms with E-state index in [0.717, 1.165) is 17.8 Å². The zero-order chi connectivity index (χ0) is 24.8. The average molecular weight is 486 g/mol. The minimum absolute atomic E-state index is 0.145. The molecule has 0 bridgehead atoms. The first kappa shape index (κ1) is 24.8. The number of amides is 3. The maximum atomic E-state index is 13.6. The molecule has 1 atom stereocenters. The van der Waals surface area contributed by atoms with Gasteiger partial charge < -0.3 is 5.32 Å². The molecule has 1 unspecified atom stereocenters. The average Bonchev–Trinajstić information content (AvgIpc) is 3.04. The maximum Gasteiger partial charge on any atom is 0.295 e. The van der Waals surface area contributed by atoms with E-state index in [-0.39, 0.29) is 22.6 Å². The fraction of sp³-hybridized carbons (Fsp3) is 0.217. The number of hydrogen-bond acceptors (Lipinski definition) is 5. The molecule has 1 aromatic heterocycles. The summed E-state index contributed by atoms with van der Waals surface area (Å²) in [6, 6.07) is 14.4. The number of carbonyl (C=O) groups is 3. The number of carbonyl (C=O) groups excluding carboxylic acids is 3. The fourth-order valence-electron chi connectivity index (χ4n) is 3.09. The van der Waals surface area contributed by atoms with Crippen molar-refractivity contribution in [1.82, 2.24) is 20.2 Å². The zero-order valence-electron chi connectivity index (χ0n) is 18.8. The summed E-state index contributed by atoms with van der Waals surface area (Å²) < 4.78 is 16.7. The van der Waals surface area contributed by atoms with Crippen LogP contribution in [-0.4, -0.2) is 38.1 Å². The SMILES string of the molecule is Cc1c(NC(=O)C(C)SCC(=O)NNC(=O)c2ccccc2F)c(=O)n(-c2ccccc2)n1C. The van der Waals surface area contributed by atoms with Crippen molar-refractivity contribution in [2.24, 2.45) is 7.05 Å². The van der Waals surface area contributed by atoms with Crippen LogP contribution < -0.4 is 21.7 Å². The molecule has 1 heterocycles. The molecule has 0 aliphatic rings. The van der Waals surface area contributed by atoms with Crippen LogP contribution in [0.15, 0.2) is 59.4 Å². The molecular formula is C23H24FN5O4S. The van der Waals surface area contributed by atoms with Gasteiger partial charge in [0.25, 0.3) is 11.5 Å². The first-order valence-corrected chi connectivity index (χ1v) is 11.4. The van der Waals surface area contributed by atoms with Crippen molar-refractivity contribution in [3.8, 4) is 5.69 Å². The van der Waals surface area contributed by atoms with Gasteiger partial charge in [0.15, 0.2) is 0 Å². The van der Waals surface area contributed by atoms with Gasteiger partial charge >= 0.3 is 0 Å². The molecule has 0 saturated carbocycles. The van der Waals surface area contributed by atoms with E-state index in [4.69, 9.17) is 0 Å². The largest absolute Gasteiger partial charge is 0.319 e. The molecule has 34 heavy (non-hydrogen) atoms. The standard InChI is InChI=1S/C23H24FN5O4S/c1-14-20(23(33)29(28(14)3)16-9-5-4-6-10-16)25-21(31)15(2)34-13-19(30)26-27-22(32)17-11-7-8-12-18(17)24/h4-12,15H,13H2,1-3H3,(H,25,31)(H,26,30)(H,27,32). The fourth-order valence-corrected chi connectivity index (χ4v) is 3.77. The number of rotatable bonds is 7. The lowest BCUT2D eigenvalue weighted by Gasteiger charge is -2.12. The topological polar surface area (TPSA) is 114 Å². The maximum absolute atomic E-state index is 13.6. The molecule has 2 aromatic carbocycles. The van der Waals surface area contributed by atoms with Crippen LogP contribution in [0.1, 0.15) is 23.0 Å². The zero-order valence-corrected chi connectivity index (χ0v) is 19.6. The molecular weight excluding hydrogens is 461 g/mol. The van der Waals surface area contributed by atoms with Crippen molar-refractivity contribution in [3.63, 3.8) is 0 Å². The van der Waals surface area contributed by atoms with Gasteiger partial charge in [-0.2, -0.15) is 0 Å². The van der Waals surface area contributed by atoms with E-state index in [1.165, 1.54) is 22.9 Å². The van der Waals surface area contributed by atoms with Crippen molar-refractivity contribution >= 4 is 35.2 Å². The molecule has 0 radical (unpaired) electrons. The number of thioether (sulfide) groups is 1. The van der Waals surface area contributed by atoms with E-state index >= 15 is 0 Å². The number of aromatic nitrogens is 2. The van der Waals surface area contributed by atoms with Gasteiger partial charge in [0.05, 0.1) is 27.9 Å². The first-order valence-electron chi connectivity index (χ1n) is 10.3. The van der Waals surface area contributed by atoms with Crippen LogP contribution in [0, 0.1) is 12.7 Å². The number of hydrazine groups is 1. The molecule has 0 aliphatic heterocycles. The number of hydrogen-bond donors (Lipinski definition) is 3. The van der Waals surface area contributed by atoms with Gasteiger partial charge in [0, 0.05) is 7.05 Å². The highest BCUT2D eigenvalue weighted by Gasteiger charge is 2.22. The molecule has 0 saturated heterocycles. The van der Waals surface area contributed by atoms with E-state index in [1.54, 1.807) is 37.7 Å². The van der Waals surface area contributed by atoms with Crippen LogP contribution in [0.3, 0.4) is 0 Å². The molecule has 178 valence electrons. The molecule has 11 heteroatoms. The first-order chi connectivity index (χ1) is 16.2. The number of para-hydroxylation sites is 1. The summed E-state index contributed by atoms with van der Waals surface area (Å²) in [7, 11) is 1.72. The Morgan fingerprint density at radius 3 is 2.35 bits per heavy atom. The molecule has 3 N–H and O–H groups in total. The Kier molecular flexibility index (Phi) is 7.90. The van der Waals surface area contributed by atoms with Crippen molar-refractivity contribution in [3.05, 3.63) is 82.0 Å². The van der Waals surface area contributed by atoms with E-state index in [9.17, 15) is 23.6 Å². The van der Waals surface area contributed by atoms with Crippen LogP contribution in [0.25, 0.3) is 5.69 Å². The third-order valence-corrected chi connectivity index (χ3v) is 6.21. The minimum atomic E-state index is -0.795. The smallest absolute Gasteiger partial charge is 0.295 e. The van der Waals surface area contributed by atoms with E-state index in [0.29, 0.717) is 11.4 Å². The monoisotopic (exact) mass is 485 g/mol. The number of anilines is 1. The van der Waals surface area contributed by atoms with Crippen LogP contribution in [0.4, 0.5) is 10.1 Å². The molecule has 0 aliphatic carbocycles. The lowest BCUT2D eigenvalue weighted by atomic mass is 10.2. The lowest BCUT2D eigenvalue weighted by molar-refractivity contribution is -0.119. The van der Waals surface area contributed by atoms with Crippen molar-refractivity contribution < 1.29 is 18.8 Å². The summed E-state index contributed by atoms with van der Waals surface area (Å²) in [5, 5.41) is 1.98. The Balaban J connectivity index is 1.55. The van der Waals surface area contributed by atoms with Gasteiger partial charge in [-0.25, -0.2) is 9.07 Å². The third-order valence-electron chi connectivity index (χ3n) is 5.07.